The number of carbonyl (C=O) groups is 2. The first kappa shape index (κ1) is 16.9. The van der Waals surface area contributed by atoms with E-state index in [4.69, 9.17) is 9.47 Å². The molecule has 0 saturated carbocycles. The van der Waals surface area contributed by atoms with Crippen LogP contribution in [-0.4, -0.2) is 24.7 Å². The summed E-state index contributed by atoms with van der Waals surface area (Å²) >= 11 is 0. The molecular formula is C17H22N2O4. The lowest BCUT2D eigenvalue weighted by Gasteiger charge is -2.34. The highest BCUT2D eigenvalue weighted by molar-refractivity contribution is 5.85. The molecule has 0 aromatic heterocycles. The van der Waals surface area contributed by atoms with Gasteiger partial charge in [0.15, 0.2) is 0 Å². The number of nitrogens with one attached hydrogen (secondary N) is 2. The van der Waals surface area contributed by atoms with Crippen LogP contribution in [0.2, 0.25) is 0 Å². The van der Waals surface area contributed by atoms with Crippen LogP contribution in [0.5, 0.6) is 5.75 Å². The summed E-state index contributed by atoms with van der Waals surface area (Å²) in [6.07, 6.45) is -0.254. The maximum atomic E-state index is 12.5. The third-order valence-corrected chi connectivity index (χ3v) is 3.43. The summed E-state index contributed by atoms with van der Waals surface area (Å²) in [6, 6.07) is 6.31. The van der Waals surface area contributed by atoms with Crippen LogP contribution < -0.4 is 15.4 Å². The molecule has 23 heavy (non-hydrogen) atoms. The molecule has 1 aromatic carbocycles. The number of rotatable bonds is 5. The second-order valence-corrected chi connectivity index (χ2v) is 5.54. The molecule has 2 N–H and O–H groups in total. The number of carbonyl (C=O) groups excluding carboxylic acids is 2. The zero-order valence-corrected chi connectivity index (χ0v) is 13.6. The second kappa shape index (κ2) is 7.17. The Labute approximate surface area is 135 Å². The van der Waals surface area contributed by atoms with Crippen LogP contribution in [0.3, 0.4) is 0 Å². The number of para-hydroxylation sites is 1. The van der Waals surface area contributed by atoms with E-state index < -0.39 is 24.0 Å². The van der Waals surface area contributed by atoms with Crippen LogP contribution in [0, 0.1) is 5.92 Å². The van der Waals surface area contributed by atoms with Gasteiger partial charge in [-0.05, 0) is 26.8 Å². The van der Waals surface area contributed by atoms with E-state index in [1.807, 2.05) is 25.1 Å². The number of amides is 2. The first-order chi connectivity index (χ1) is 10.9. The number of hydrogen-bond donors (Lipinski definition) is 2. The van der Waals surface area contributed by atoms with E-state index >= 15 is 0 Å². The predicted molar refractivity (Wildman–Crippen MR) is 85.9 cm³/mol. The minimum absolute atomic E-state index is 0.254. The summed E-state index contributed by atoms with van der Waals surface area (Å²) in [4.78, 5) is 24.3. The Bertz CT molecular complexity index is 612. The van der Waals surface area contributed by atoms with Crippen molar-refractivity contribution in [2.45, 2.75) is 32.9 Å². The molecule has 2 atom stereocenters. The van der Waals surface area contributed by atoms with E-state index in [1.165, 1.54) is 0 Å². The van der Waals surface area contributed by atoms with Crippen LogP contribution in [0.1, 0.15) is 32.4 Å². The van der Waals surface area contributed by atoms with Gasteiger partial charge in [-0.3, -0.25) is 4.79 Å². The van der Waals surface area contributed by atoms with Gasteiger partial charge < -0.3 is 20.1 Å². The molecule has 1 aliphatic heterocycles. The molecule has 1 aromatic rings. The molecule has 1 heterocycles. The summed E-state index contributed by atoms with van der Waals surface area (Å²) in [5.74, 6) is -0.539. The van der Waals surface area contributed by atoms with Crippen molar-refractivity contribution in [1.82, 2.24) is 10.6 Å². The van der Waals surface area contributed by atoms with Crippen molar-refractivity contribution in [3.63, 3.8) is 0 Å². The van der Waals surface area contributed by atoms with Gasteiger partial charge in [-0.2, -0.15) is 0 Å². The predicted octanol–water partition coefficient (Wildman–Crippen LogP) is 2.52. The molecule has 2 rings (SSSR count). The van der Waals surface area contributed by atoms with Crippen molar-refractivity contribution in [2.75, 3.05) is 6.61 Å². The van der Waals surface area contributed by atoms with Crippen LogP contribution in [0.25, 0.3) is 0 Å². The van der Waals surface area contributed by atoms with Gasteiger partial charge in [0.05, 0.1) is 18.8 Å². The first-order valence-electron chi connectivity index (χ1n) is 7.62. The standard InChI is InChI=1S/C17H22N2O4/c1-5-22-13-9-7-6-8-12(13)15-14(16(20)23-10(2)3)11(4)18-17(21)19-15/h6-10,14-15H,4-5H2,1-3H3,(H2,18,19,21). The van der Waals surface area contributed by atoms with Crippen molar-refractivity contribution in [1.29, 1.82) is 0 Å². The van der Waals surface area contributed by atoms with Crippen molar-refractivity contribution >= 4 is 12.0 Å². The van der Waals surface area contributed by atoms with E-state index in [9.17, 15) is 9.59 Å². The maximum absolute atomic E-state index is 12.5. The monoisotopic (exact) mass is 318 g/mol. The zero-order chi connectivity index (χ0) is 17.0. The van der Waals surface area contributed by atoms with Gasteiger partial charge in [0, 0.05) is 11.3 Å². The molecule has 0 bridgehead atoms. The Hall–Kier alpha value is -2.50. The SMILES string of the molecule is C=C1NC(=O)NC(c2ccccc2OCC)C1C(=O)OC(C)C. The van der Waals surface area contributed by atoms with Gasteiger partial charge in [-0.15, -0.1) is 0 Å². The lowest BCUT2D eigenvalue weighted by Crippen LogP contribution is -2.51. The quantitative estimate of drug-likeness (QED) is 0.818. The summed E-state index contributed by atoms with van der Waals surface area (Å²) in [5.41, 5.74) is 1.03. The number of urea groups is 1. The highest BCUT2D eigenvalue weighted by Gasteiger charge is 2.40. The Morgan fingerprint density at radius 1 is 1.35 bits per heavy atom. The molecule has 6 nitrogen and oxygen atoms in total. The van der Waals surface area contributed by atoms with Crippen LogP contribution in [-0.2, 0) is 9.53 Å². The summed E-state index contributed by atoms with van der Waals surface area (Å²) in [5, 5.41) is 5.32. The molecule has 1 saturated heterocycles. The van der Waals surface area contributed by atoms with Gasteiger partial charge in [0.25, 0.3) is 0 Å². The van der Waals surface area contributed by atoms with E-state index in [2.05, 4.69) is 17.2 Å². The van der Waals surface area contributed by atoms with Crippen molar-refractivity contribution in [2.24, 2.45) is 5.92 Å². The Kier molecular flexibility index (Phi) is 5.26. The van der Waals surface area contributed by atoms with Crippen LogP contribution in [0.4, 0.5) is 4.79 Å². The second-order valence-electron chi connectivity index (χ2n) is 5.54. The molecular weight excluding hydrogens is 296 g/mol. The lowest BCUT2D eigenvalue weighted by molar-refractivity contribution is -0.152. The largest absolute Gasteiger partial charge is 0.494 e. The summed E-state index contributed by atoms with van der Waals surface area (Å²) in [6.45, 7) is 9.73. The average molecular weight is 318 g/mol. The van der Waals surface area contributed by atoms with E-state index in [0.29, 0.717) is 18.1 Å². The summed E-state index contributed by atoms with van der Waals surface area (Å²) < 4.78 is 10.9. The van der Waals surface area contributed by atoms with E-state index in [1.54, 1.807) is 19.9 Å². The molecule has 1 fully saturated rings. The van der Waals surface area contributed by atoms with Gasteiger partial charge in [0.1, 0.15) is 11.7 Å². The van der Waals surface area contributed by atoms with Gasteiger partial charge >= 0.3 is 12.0 Å². The summed E-state index contributed by atoms with van der Waals surface area (Å²) in [7, 11) is 0. The van der Waals surface area contributed by atoms with Gasteiger partial charge in [-0.25, -0.2) is 4.79 Å². The number of esters is 1. The number of ether oxygens (including phenoxy) is 2. The van der Waals surface area contributed by atoms with Crippen LogP contribution >= 0.6 is 0 Å². The topological polar surface area (TPSA) is 76.7 Å². The molecule has 0 aliphatic carbocycles. The highest BCUT2D eigenvalue weighted by atomic mass is 16.5. The van der Waals surface area contributed by atoms with Crippen LogP contribution in [0.15, 0.2) is 36.5 Å². The number of hydrogen-bond acceptors (Lipinski definition) is 4. The molecule has 2 unspecified atom stereocenters. The minimum Gasteiger partial charge on any atom is -0.494 e. The maximum Gasteiger partial charge on any atom is 0.319 e. The minimum atomic E-state index is -0.725. The van der Waals surface area contributed by atoms with E-state index in [-0.39, 0.29) is 6.10 Å². The molecule has 0 radical (unpaired) electrons. The fraction of sp³-hybridized carbons (Fsp3) is 0.412. The third kappa shape index (κ3) is 3.83. The first-order valence-corrected chi connectivity index (χ1v) is 7.62. The van der Waals surface area contributed by atoms with E-state index in [0.717, 1.165) is 5.56 Å². The Balaban J connectivity index is 2.40. The normalized spacial score (nSPS) is 20.7. The Morgan fingerprint density at radius 2 is 2.04 bits per heavy atom. The molecule has 1 aliphatic rings. The van der Waals surface area contributed by atoms with Crippen molar-refractivity contribution < 1.29 is 19.1 Å². The molecule has 2 amide bonds. The molecule has 124 valence electrons. The zero-order valence-electron chi connectivity index (χ0n) is 13.6. The molecule has 6 heteroatoms. The third-order valence-electron chi connectivity index (χ3n) is 3.43. The fourth-order valence-corrected chi connectivity index (χ4v) is 2.55. The van der Waals surface area contributed by atoms with Gasteiger partial charge in [0.2, 0.25) is 0 Å². The number of benzene rings is 1. The smallest absolute Gasteiger partial charge is 0.319 e. The van der Waals surface area contributed by atoms with Crippen molar-refractivity contribution in [3.05, 3.63) is 42.1 Å². The van der Waals surface area contributed by atoms with Gasteiger partial charge in [-0.1, -0.05) is 24.8 Å². The molecule has 0 spiro atoms. The van der Waals surface area contributed by atoms with Crippen molar-refractivity contribution in [3.8, 4) is 5.75 Å². The Morgan fingerprint density at radius 3 is 2.70 bits per heavy atom. The fourth-order valence-electron chi connectivity index (χ4n) is 2.55. The highest BCUT2D eigenvalue weighted by Crippen LogP contribution is 2.35. The lowest BCUT2D eigenvalue weighted by atomic mass is 9.88. The average Bonchev–Trinajstić information content (AvgIpc) is 2.46.